The summed E-state index contributed by atoms with van der Waals surface area (Å²) in [6.07, 6.45) is 1.93. The van der Waals surface area contributed by atoms with Crippen molar-refractivity contribution >= 4 is 63.0 Å². The Morgan fingerprint density at radius 1 is 0.318 bits per heavy atom. The SMILES string of the molecule is c1cc(-c2ccnc(-c3cccc(-c4ccc5sc6ccccc6c5c4)c3)c2)cc(-c2ccc3sc4ccccc4c3c2)c1. The first-order valence-electron chi connectivity index (χ1n) is 14.8. The number of benzene rings is 6. The Bertz CT molecular complexity index is 2340. The number of fused-ring (bicyclic) bond motifs is 6. The molecule has 44 heavy (non-hydrogen) atoms. The van der Waals surface area contributed by atoms with E-state index in [4.69, 9.17) is 4.98 Å². The summed E-state index contributed by atoms with van der Waals surface area (Å²) < 4.78 is 5.32. The third kappa shape index (κ3) is 4.32. The molecule has 0 saturated heterocycles. The van der Waals surface area contributed by atoms with Crippen LogP contribution < -0.4 is 0 Å². The van der Waals surface area contributed by atoms with Crippen molar-refractivity contribution in [1.82, 2.24) is 4.98 Å². The number of pyridine rings is 1. The summed E-state index contributed by atoms with van der Waals surface area (Å²) in [6.45, 7) is 0. The van der Waals surface area contributed by atoms with Gasteiger partial charge in [0, 0.05) is 52.1 Å². The summed E-state index contributed by atoms with van der Waals surface area (Å²) in [5.41, 5.74) is 9.32. The number of thiophene rings is 2. The molecule has 0 saturated carbocycles. The van der Waals surface area contributed by atoms with Gasteiger partial charge in [-0.15, -0.1) is 22.7 Å². The summed E-state index contributed by atoms with van der Waals surface area (Å²) >= 11 is 3.72. The van der Waals surface area contributed by atoms with E-state index in [0.717, 1.165) is 16.8 Å². The van der Waals surface area contributed by atoms with Gasteiger partial charge in [0.05, 0.1) is 5.69 Å². The van der Waals surface area contributed by atoms with Gasteiger partial charge in [-0.05, 0) is 94.0 Å². The molecule has 0 bridgehead atoms. The minimum Gasteiger partial charge on any atom is -0.256 e. The van der Waals surface area contributed by atoms with Gasteiger partial charge in [-0.25, -0.2) is 0 Å². The summed E-state index contributed by atoms with van der Waals surface area (Å²) in [7, 11) is 0. The van der Waals surface area contributed by atoms with E-state index < -0.39 is 0 Å². The average molecular weight is 596 g/mol. The van der Waals surface area contributed by atoms with Gasteiger partial charge in [-0.2, -0.15) is 0 Å². The van der Waals surface area contributed by atoms with Crippen LogP contribution in [0.4, 0.5) is 0 Å². The van der Waals surface area contributed by atoms with E-state index in [0.29, 0.717) is 0 Å². The maximum atomic E-state index is 4.79. The summed E-state index contributed by atoms with van der Waals surface area (Å²) in [5, 5.41) is 5.30. The zero-order valence-electron chi connectivity index (χ0n) is 23.7. The largest absolute Gasteiger partial charge is 0.256 e. The Kier molecular flexibility index (Phi) is 5.93. The molecular formula is C41H25NS2. The third-order valence-electron chi connectivity index (χ3n) is 8.53. The molecule has 0 amide bonds. The van der Waals surface area contributed by atoms with Crippen LogP contribution in [0.5, 0.6) is 0 Å². The smallest absolute Gasteiger partial charge is 0.0708 e. The highest BCUT2D eigenvalue weighted by atomic mass is 32.1. The van der Waals surface area contributed by atoms with Gasteiger partial charge in [0.15, 0.2) is 0 Å². The molecule has 3 heteroatoms. The normalized spacial score (nSPS) is 11.6. The maximum absolute atomic E-state index is 4.79. The summed E-state index contributed by atoms with van der Waals surface area (Å²) in [6, 6.07) is 53.0. The highest BCUT2D eigenvalue weighted by molar-refractivity contribution is 7.26. The molecule has 0 aliphatic heterocycles. The molecule has 0 spiro atoms. The average Bonchev–Trinajstić information content (AvgIpc) is 3.66. The van der Waals surface area contributed by atoms with Crippen LogP contribution in [0.3, 0.4) is 0 Å². The van der Waals surface area contributed by atoms with Crippen LogP contribution in [0.25, 0.3) is 85.0 Å². The Labute approximate surface area is 263 Å². The van der Waals surface area contributed by atoms with Crippen molar-refractivity contribution in [2.75, 3.05) is 0 Å². The standard InChI is InChI=1S/C41H25NS2/c1-3-13-38-33(11-1)35-23-29(15-17-40(35)43-38)26-7-5-8-27(21-26)31-19-20-42-37(25-31)32-10-6-9-28(22-32)30-16-18-41-36(24-30)34-12-2-4-14-39(34)44-41/h1-25H. The van der Waals surface area contributed by atoms with Gasteiger partial charge in [-0.1, -0.05) is 84.9 Å². The Morgan fingerprint density at radius 3 is 1.36 bits per heavy atom. The molecule has 0 aliphatic rings. The fourth-order valence-electron chi connectivity index (χ4n) is 6.32. The lowest BCUT2D eigenvalue weighted by atomic mass is 9.96. The highest BCUT2D eigenvalue weighted by Crippen LogP contribution is 2.39. The van der Waals surface area contributed by atoms with Gasteiger partial charge in [-0.3, -0.25) is 4.98 Å². The number of hydrogen-bond donors (Lipinski definition) is 0. The molecule has 9 rings (SSSR count). The molecule has 0 fully saturated rings. The second kappa shape index (κ2) is 10.3. The molecule has 3 heterocycles. The molecular weight excluding hydrogens is 571 g/mol. The lowest BCUT2D eigenvalue weighted by Gasteiger charge is -2.10. The van der Waals surface area contributed by atoms with Gasteiger partial charge in [0.25, 0.3) is 0 Å². The van der Waals surface area contributed by atoms with E-state index in [1.54, 1.807) is 0 Å². The number of nitrogens with zero attached hydrogens (tertiary/aromatic N) is 1. The van der Waals surface area contributed by atoms with Crippen molar-refractivity contribution in [3.63, 3.8) is 0 Å². The van der Waals surface area contributed by atoms with Gasteiger partial charge >= 0.3 is 0 Å². The highest BCUT2D eigenvalue weighted by Gasteiger charge is 2.11. The van der Waals surface area contributed by atoms with Crippen molar-refractivity contribution in [2.45, 2.75) is 0 Å². The van der Waals surface area contributed by atoms with Crippen LogP contribution >= 0.6 is 22.7 Å². The van der Waals surface area contributed by atoms with Gasteiger partial charge in [0.1, 0.15) is 0 Å². The third-order valence-corrected chi connectivity index (χ3v) is 10.8. The van der Waals surface area contributed by atoms with Crippen LogP contribution in [0.15, 0.2) is 152 Å². The van der Waals surface area contributed by atoms with Crippen LogP contribution in [0.2, 0.25) is 0 Å². The monoisotopic (exact) mass is 595 g/mol. The summed E-state index contributed by atoms with van der Waals surface area (Å²) in [4.78, 5) is 4.79. The lowest BCUT2D eigenvalue weighted by Crippen LogP contribution is -1.87. The first kappa shape index (κ1) is 25.4. The maximum Gasteiger partial charge on any atom is 0.0708 e. The molecule has 0 unspecified atom stereocenters. The zero-order chi connectivity index (χ0) is 29.0. The lowest BCUT2D eigenvalue weighted by molar-refractivity contribution is 1.33. The van der Waals surface area contributed by atoms with Crippen LogP contribution in [-0.2, 0) is 0 Å². The quantitative estimate of drug-likeness (QED) is 0.197. The van der Waals surface area contributed by atoms with Crippen molar-refractivity contribution in [3.8, 4) is 44.6 Å². The van der Waals surface area contributed by atoms with Crippen molar-refractivity contribution in [3.05, 3.63) is 152 Å². The van der Waals surface area contributed by atoms with E-state index in [1.807, 2.05) is 28.9 Å². The van der Waals surface area contributed by atoms with Crippen molar-refractivity contribution in [1.29, 1.82) is 0 Å². The van der Waals surface area contributed by atoms with Crippen LogP contribution in [-0.4, -0.2) is 4.98 Å². The number of hydrogen-bond acceptors (Lipinski definition) is 3. The van der Waals surface area contributed by atoms with Crippen LogP contribution in [0, 0.1) is 0 Å². The zero-order valence-corrected chi connectivity index (χ0v) is 25.3. The van der Waals surface area contributed by atoms with E-state index in [2.05, 4.69) is 146 Å². The Balaban J connectivity index is 1.07. The molecule has 6 aromatic carbocycles. The molecule has 0 atom stereocenters. The summed E-state index contributed by atoms with van der Waals surface area (Å²) in [5.74, 6) is 0. The minimum absolute atomic E-state index is 0.975. The molecule has 1 nitrogen and oxygen atoms in total. The second-order valence-electron chi connectivity index (χ2n) is 11.2. The molecule has 0 N–H and O–H groups in total. The van der Waals surface area contributed by atoms with E-state index >= 15 is 0 Å². The van der Waals surface area contributed by atoms with Crippen molar-refractivity contribution in [2.24, 2.45) is 0 Å². The number of aromatic nitrogens is 1. The number of rotatable bonds is 4. The first-order chi connectivity index (χ1) is 21.8. The predicted molar refractivity (Wildman–Crippen MR) is 192 cm³/mol. The molecule has 3 aromatic heterocycles. The fourth-order valence-corrected chi connectivity index (χ4v) is 8.49. The van der Waals surface area contributed by atoms with E-state index in [9.17, 15) is 0 Å². The van der Waals surface area contributed by atoms with E-state index in [1.165, 1.54) is 68.2 Å². The fraction of sp³-hybridized carbons (Fsp3) is 0. The second-order valence-corrected chi connectivity index (χ2v) is 13.4. The molecule has 0 radical (unpaired) electrons. The molecule has 9 aromatic rings. The minimum atomic E-state index is 0.975. The molecule has 0 aliphatic carbocycles. The van der Waals surface area contributed by atoms with Gasteiger partial charge in [0.2, 0.25) is 0 Å². The van der Waals surface area contributed by atoms with Gasteiger partial charge < -0.3 is 0 Å². The predicted octanol–water partition coefficient (Wildman–Crippen LogP) is 12.5. The van der Waals surface area contributed by atoms with Crippen LogP contribution in [0.1, 0.15) is 0 Å². The Morgan fingerprint density at radius 2 is 0.773 bits per heavy atom. The van der Waals surface area contributed by atoms with Crippen molar-refractivity contribution < 1.29 is 0 Å². The topological polar surface area (TPSA) is 12.9 Å². The van der Waals surface area contributed by atoms with E-state index in [-0.39, 0.29) is 0 Å². The first-order valence-corrected chi connectivity index (χ1v) is 16.4. The Hall–Kier alpha value is -5.09. The molecule has 206 valence electrons.